The predicted octanol–water partition coefficient (Wildman–Crippen LogP) is 0.911. The van der Waals surface area contributed by atoms with Gasteiger partial charge in [0.25, 0.3) is 6.01 Å². The SMILES string of the molecule is C=CCN(CCO)c1nc(CNC2CC2)co1. The molecule has 5 heteroatoms. The lowest BCUT2D eigenvalue weighted by molar-refractivity contribution is 0.300. The topological polar surface area (TPSA) is 61.5 Å². The Labute approximate surface area is 101 Å². The number of oxazole rings is 1. The fraction of sp³-hybridized carbons (Fsp3) is 0.583. The molecule has 17 heavy (non-hydrogen) atoms. The van der Waals surface area contributed by atoms with E-state index in [1.54, 1.807) is 12.3 Å². The molecule has 2 rings (SSSR count). The normalized spacial score (nSPS) is 14.9. The number of rotatable bonds is 8. The summed E-state index contributed by atoms with van der Waals surface area (Å²) in [4.78, 5) is 6.24. The molecule has 1 aliphatic rings. The van der Waals surface area contributed by atoms with Gasteiger partial charge in [-0.05, 0) is 12.8 Å². The third kappa shape index (κ3) is 3.57. The van der Waals surface area contributed by atoms with E-state index in [-0.39, 0.29) is 6.61 Å². The van der Waals surface area contributed by atoms with E-state index >= 15 is 0 Å². The van der Waals surface area contributed by atoms with Crippen molar-refractivity contribution in [1.82, 2.24) is 10.3 Å². The lowest BCUT2D eigenvalue weighted by Crippen LogP contribution is -2.27. The maximum atomic E-state index is 8.96. The average Bonchev–Trinajstić information content (AvgIpc) is 3.04. The van der Waals surface area contributed by atoms with Crippen LogP contribution in [0.25, 0.3) is 0 Å². The van der Waals surface area contributed by atoms with Crippen LogP contribution in [-0.2, 0) is 6.54 Å². The summed E-state index contributed by atoms with van der Waals surface area (Å²) in [5.74, 6) is 0. The van der Waals surface area contributed by atoms with Gasteiger partial charge in [0.2, 0.25) is 0 Å². The van der Waals surface area contributed by atoms with Gasteiger partial charge in [-0.25, -0.2) is 0 Å². The molecule has 0 radical (unpaired) electrons. The van der Waals surface area contributed by atoms with Gasteiger partial charge in [0.05, 0.1) is 12.3 Å². The summed E-state index contributed by atoms with van der Waals surface area (Å²) in [5, 5.41) is 12.3. The Hall–Kier alpha value is -1.33. The molecule has 0 spiro atoms. The molecule has 0 aliphatic heterocycles. The first-order chi connectivity index (χ1) is 8.33. The molecule has 0 atom stereocenters. The fourth-order valence-corrected chi connectivity index (χ4v) is 1.60. The molecule has 0 amide bonds. The lowest BCUT2D eigenvalue weighted by Gasteiger charge is -2.16. The highest BCUT2D eigenvalue weighted by Gasteiger charge is 2.21. The molecule has 94 valence electrons. The Morgan fingerprint density at radius 3 is 3.12 bits per heavy atom. The van der Waals surface area contributed by atoms with Crippen molar-refractivity contribution in [2.24, 2.45) is 0 Å². The number of aromatic nitrogens is 1. The molecule has 1 heterocycles. The molecule has 1 aliphatic carbocycles. The second-order valence-corrected chi connectivity index (χ2v) is 4.23. The van der Waals surface area contributed by atoms with Gasteiger partial charge in [0.1, 0.15) is 6.26 Å². The van der Waals surface area contributed by atoms with E-state index in [1.807, 2.05) is 4.90 Å². The van der Waals surface area contributed by atoms with Crippen LogP contribution >= 0.6 is 0 Å². The van der Waals surface area contributed by atoms with E-state index in [2.05, 4.69) is 16.9 Å². The maximum absolute atomic E-state index is 8.96. The van der Waals surface area contributed by atoms with Crippen LogP contribution in [0.2, 0.25) is 0 Å². The zero-order chi connectivity index (χ0) is 12.1. The molecule has 0 bridgehead atoms. The monoisotopic (exact) mass is 237 g/mol. The summed E-state index contributed by atoms with van der Waals surface area (Å²) in [5.41, 5.74) is 0.902. The minimum Gasteiger partial charge on any atom is -0.432 e. The molecule has 1 aromatic rings. The van der Waals surface area contributed by atoms with Crippen LogP contribution in [0, 0.1) is 0 Å². The summed E-state index contributed by atoms with van der Waals surface area (Å²) in [6, 6.07) is 1.21. The van der Waals surface area contributed by atoms with Gasteiger partial charge in [-0.15, -0.1) is 6.58 Å². The first kappa shape index (κ1) is 12.1. The number of aliphatic hydroxyl groups is 1. The minimum absolute atomic E-state index is 0.0753. The highest BCUT2D eigenvalue weighted by molar-refractivity contribution is 5.28. The fourth-order valence-electron chi connectivity index (χ4n) is 1.60. The first-order valence-electron chi connectivity index (χ1n) is 5.98. The van der Waals surface area contributed by atoms with Gasteiger partial charge in [-0.3, -0.25) is 0 Å². The summed E-state index contributed by atoms with van der Waals surface area (Å²) < 4.78 is 5.40. The smallest absolute Gasteiger partial charge is 0.297 e. The number of nitrogens with zero attached hydrogens (tertiary/aromatic N) is 2. The van der Waals surface area contributed by atoms with Crippen LogP contribution in [0.15, 0.2) is 23.3 Å². The second kappa shape index (κ2) is 5.84. The minimum atomic E-state index is 0.0753. The molecule has 1 aromatic heterocycles. The third-order valence-corrected chi connectivity index (χ3v) is 2.68. The van der Waals surface area contributed by atoms with Crippen molar-refractivity contribution in [3.05, 3.63) is 24.6 Å². The second-order valence-electron chi connectivity index (χ2n) is 4.23. The molecule has 1 saturated carbocycles. The van der Waals surface area contributed by atoms with E-state index in [0.29, 0.717) is 25.1 Å². The van der Waals surface area contributed by atoms with E-state index in [9.17, 15) is 0 Å². The van der Waals surface area contributed by atoms with E-state index in [4.69, 9.17) is 9.52 Å². The Morgan fingerprint density at radius 1 is 1.65 bits per heavy atom. The number of nitrogens with one attached hydrogen (secondary N) is 1. The standard InChI is InChI=1S/C12H19N3O2/c1-2-5-15(6-7-16)12-14-11(9-17-12)8-13-10-3-4-10/h2,9-10,13,16H,1,3-8H2. The highest BCUT2D eigenvalue weighted by Crippen LogP contribution is 2.20. The van der Waals surface area contributed by atoms with Crippen LogP contribution in [0.5, 0.6) is 0 Å². The summed E-state index contributed by atoms with van der Waals surface area (Å²) in [6.07, 6.45) is 5.95. The van der Waals surface area contributed by atoms with Gasteiger partial charge in [-0.2, -0.15) is 4.98 Å². The summed E-state index contributed by atoms with van der Waals surface area (Å²) >= 11 is 0. The maximum Gasteiger partial charge on any atom is 0.297 e. The number of hydrogen-bond donors (Lipinski definition) is 2. The van der Waals surface area contributed by atoms with Gasteiger partial charge in [0, 0.05) is 25.7 Å². The van der Waals surface area contributed by atoms with Crippen LogP contribution in [0.1, 0.15) is 18.5 Å². The largest absolute Gasteiger partial charge is 0.432 e. The molecule has 1 fully saturated rings. The van der Waals surface area contributed by atoms with E-state index in [0.717, 1.165) is 12.2 Å². The molecular weight excluding hydrogens is 218 g/mol. The van der Waals surface area contributed by atoms with E-state index in [1.165, 1.54) is 12.8 Å². The third-order valence-electron chi connectivity index (χ3n) is 2.68. The van der Waals surface area contributed by atoms with Crippen LogP contribution in [-0.4, -0.2) is 35.8 Å². The molecule has 0 saturated heterocycles. The predicted molar refractivity (Wildman–Crippen MR) is 65.9 cm³/mol. The number of anilines is 1. The zero-order valence-electron chi connectivity index (χ0n) is 9.93. The van der Waals surface area contributed by atoms with Crippen molar-refractivity contribution in [1.29, 1.82) is 0 Å². The Bertz CT molecular complexity index is 360. The van der Waals surface area contributed by atoms with Crippen molar-refractivity contribution in [3.63, 3.8) is 0 Å². The Kier molecular flexibility index (Phi) is 4.17. The van der Waals surface area contributed by atoms with Crippen molar-refractivity contribution in [2.75, 3.05) is 24.6 Å². The molecule has 0 unspecified atom stereocenters. The molecule has 5 nitrogen and oxygen atoms in total. The quantitative estimate of drug-likeness (QED) is 0.658. The molecular formula is C12H19N3O2. The Balaban J connectivity index is 1.90. The molecule has 2 N–H and O–H groups in total. The van der Waals surface area contributed by atoms with Crippen LogP contribution in [0.3, 0.4) is 0 Å². The highest BCUT2D eigenvalue weighted by atomic mass is 16.4. The van der Waals surface area contributed by atoms with Crippen LogP contribution < -0.4 is 10.2 Å². The van der Waals surface area contributed by atoms with Crippen molar-refractivity contribution in [2.45, 2.75) is 25.4 Å². The van der Waals surface area contributed by atoms with E-state index < -0.39 is 0 Å². The van der Waals surface area contributed by atoms with Crippen molar-refractivity contribution < 1.29 is 9.52 Å². The van der Waals surface area contributed by atoms with Crippen molar-refractivity contribution in [3.8, 4) is 0 Å². The summed E-state index contributed by atoms with van der Waals surface area (Å²) in [7, 11) is 0. The number of aliphatic hydroxyl groups excluding tert-OH is 1. The number of hydrogen-bond acceptors (Lipinski definition) is 5. The van der Waals surface area contributed by atoms with Gasteiger partial charge in [0.15, 0.2) is 0 Å². The van der Waals surface area contributed by atoms with Crippen LogP contribution in [0.4, 0.5) is 6.01 Å². The molecule has 0 aromatic carbocycles. The van der Waals surface area contributed by atoms with Crippen molar-refractivity contribution >= 4 is 6.01 Å². The Morgan fingerprint density at radius 2 is 2.47 bits per heavy atom. The van der Waals surface area contributed by atoms with Gasteiger partial charge >= 0.3 is 0 Å². The van der Waals surface area contributed by atoms with Gasteiger partial charge < -0.3 is 19.7 Å². The van der Waals surface area contributed by atoms with Gasteiger partial charge in [-0.1, -0.05) is 6.08 Å². The first-order valence-corrected chi connectivity index (χ1v) is 5.98. The summed E-state index contributed by atoms with van der Waals surface area (Å²) in [6.45, 7) is 5.62. The lowest BCUT2D eigenvalue weighted by atomic mass is 10.4. The average molecular weight is 237 g/mol. The zero-order valence-corrected chi connectivity index (χ0v) is 9.93.